The molecule has 1 aliphatic rings. The standard InChI is InChI=1S/C17H35NO/c1-18(2)16-12-15-17(19)13-10-8-6-4-3-5-7-9-11-14-17/h19H,3-16H2,1-2H3. The fraction of sp³-hybridized carbons (Fsp3) is 1.00. The van der Waals surface area contributed by atoms with Crippen LogP contribution in [-0.4, -0.2) is 36.2 Å². The molecule has 1 saturated carbocycles. The van der Waals surface area contributed by atoms with Crippen LogP contribution in [0.1, 0.15) is 83.5 Å². The van der Waals surface area contributed by atoms with Crippen LogP contribution >= 0.6 is 0 Å². The summed E-state index contributed by atoms with van der Waals surface area (Å²) in [6.07, 6.45) is 16.2. The highest BCUT2D eigenvalue weighted by molar-refractivity contribution is 4.79. The third-order valence-electron chi connectivity index (χ3n) is 4.53. The van der Waals surface area contributed by atoms with Crippen LogP contribution in [0.3, 0.4) is 0 Å². The molecule has 1 fully saturated rings. The highest BCUT2D eigenvalue weighted by atomic mass is 16.3. The Labute approximate surface area is 120 Å². The normalized spacial score (nSPS) is 22.7. The predicted octanol–water partition coefficient (Wildman–Crippen LogP) is 4.36. The average Bonchev–Trinajstić information content (AvgIpc) is 2.33. The molecule has 0 spiro atoms. The Morgan fingerprint density at radius 2 is 1.21 bits per heavy atom. The van der Waals surface area contributed by atoms with E-state index in [1.165, 1.54) is 57.8 Å². The minimum absolute atomic E-state index is 0.366. The van der Waals surface area contributed by atoms with Gasteiger partial charge in [0.1, 0.15) is 0 Å². The first-order valence-corrected chi connectivity index (χ1v) is 8.49. The van der Waals surface area contributed by atoms with Gasteiger partial charge in [-0.3, -0.25) is 0 Å². The van der Waals surface area contributed by atoms with E-state index in [1.807, 2.05) is 0 Å². The zero-order valence-electron chi connectivity index (χ0n) is 13.3. The summed E-state index contributed by atoms with van der Waals surface area (Å²) in [5, 5.41) is 10.8. The van der Waals surface area contributed by atoms with Crippen LogP contribution in [0, 0.1) is 0 Å². The molecule has 1 rings (SSSR count). The van der Waals surface area contributed by atoms with Crippen LogP contribution in [0.25, 0.3) is 0 Å². The molecule has 0 bridgehead atoms. The second-order valence-corrected chi connectivity index (χ2v) is 6.81. The van der Waals surface area contributed by atoms with Crippen molar-refractivity contribution in [2.45, 2.75) is 89.1 Å². The van der Waals surface area contributed by atoms with Crippen molar-refractivity contribution in [3.63, 3.8) is 0 Å². The van der Waals surface area contributed by atoms with Gasteiger partial charge in [-0.2, -0.15) is 0 Å². The lowest BCUT2D eigenvalue weighted by Gasteiger charge is -2.29. The van der Waals surface area contributed by atoms with Gasteiger partial charge in [-0.05, 0) is 46.3 Å². The van der Waals surface area contributed by atoms with Crippen LogP contribution in [0.2, 0.25) is 0 Å². The van der Waals surface area contributed by atoms with Crippen molar-refractivity contribution < 1.29 is 5.11 Å². The Hall–Kier alpha value is -0.0800. The van der Waals surface area contributed by atoms with Crippen molar-refractivity contribution in [3.8, 4) is 0 Å². The van der Waals surface area contributed by atoms with Gasteiger partial charge in [-0.1, -0.05) is 57.8 Å². The van der Waals surface area contributed by atoms with Gasteiger partial charge in [0.2, 0.25) is 0 Å². The first kappa shape index (κ1) is 17.0. The third kappa shape index (κ3) is 8.65. The second-order valence-electron chi connectivity index (χ2n) is 6.81. The molecule has 0 aromatic rings. The molecular formula is C17H35NO. The van der Waals surface area contributed by atoms with Gasteiger partial charge in [0.25, 0.3) is 0 Å². The molecule has 0 atom stereocenters. The van der Waals surface area contributed by atoms with Gasteiger partial charge in [0, 0.05) is 0 Å². The summed E-state index contributed by atoms with van der Waals surface area (Å²) in [5.41, 5.74) is -0.366. The first-order chi connectivity index (χ1) is 9.12. The lowest BCUT2D eigenvalue weighted by atomic mass is 9.85. The summed E-state index contributed by atoms with van der Waals surface area (Å²) in [5.74, 6) is 0. The Bertz CT molecular complexity index is 203. The van der Waals surface area contributed by atoms with Crippen molar-refractivity contribution in [2.75, 3.05) is 20.6 Å². The molecule has 114 valence electrons. The predicted molar refractivity (Wildman–Crippen MR) is 83.5 cm³/mol. The molecule has 0 saturated heterocycles. The molecule has 0 amide bonds. The fourth-order valence-electron chi connectivity index (χ4n) is 3.24. The molecule has 0 aromatic carbocycles. The van der Waals surface area contributed by atoms with E-state index in [0.717, 1.165) is 32.2 Å². The Morgan fingerprint density at radius 3 is 1.63 bits per heavy atom. The number of aliphatic hydroxyl groups is 1. The van der Waals surface area contributed by atoms with E-state index in [4.69, 9.17) is 0 Å². The van der Waals surface area contributed by atoms with E-state index in [0.29, 0.717) is 0 Å². The first-order valence-electron chi connectivity index (χ1n) is 8.49. The molecule has 0 radical (unpaired) electrons. The maximum absolute atomic E-state index is 10.8. The van der Waals surface area contributed by atoms with Crippen molar-refractivity contribution in [1.29, 1.82) is 0 Å². The summed E-state index contributed by atoms with van der Waals surface area (Å²) in [6.45, 7) is 1.10. The maximum atomic E-state index is 10.8. The SMILES string of the molecule is CN(C)CCCC1(O)CCCCCCCCCCC1. The van der Waals surface area contributed by atoms with Crippen LogP contribution in [-0.2, 0) is 0 Å². The summed E-state index contributed by atoms with van der Waals surface area (Å²) >= 11 is 0. The van der Waals surface area contributed by atoms with E-state index < -0.39 is 0 Å². The molecule has 2 heteroatoms. The summed E-state index contributed by atoms with van der Waals surface area (Å²) < 4.78 is 0. The lowest BCUT2D eigenvalue weighted by Crippen LogP contribution is -2.30. The molecule has 19 heavy (non-hydrogen) atoms. The lowest BCUT2D eigenvalue weighted by molar-refractivity contribution is 0.00608. The summed E-state index contributed by atoms with van der Waals surface area (Å²) in [6, 6.07) is 0. The smallest absolute Gasteiger partial charge is 0.0648 e. The van der Waals surface area contributed by atoms with Crippen molar-refractivity contribution >= 4 is 0 Å². The highest BCUT2D eigenvalue weighted by Gasteiger charge is 2.25. The van der Waals surface area contributed by atoms with Crippen LogP contribution < -0.4 is 0 Å². The highest BCUT2D eigenvalue weighted by Crippen LogP contribution is 2.28. The molecule has 0 unspecified atom stereocenters. The average molecular weight is 269 g/mol. The maximum Gasteiger partial charge on any atom is 0.0648 e. The molecule has 0 aromatic heterocycles. The van der Waals surface area contributed by atoms with Crippen LogP contribution in [0.15, 0.2) is 0 Å². The van der Waals surface area contributed by atoms with Gasteiger partial charge in [-0.25, -0.2) is 0 Å². The van der Waals surface area contributed by atoms with Gasteiger partial charge in [0.05, 0.1) is 5.60 Å². The van der Waals surface area contributed by atoms with Gasteiger partial charge < -0.3 is 10.0 Å². The van der Waals surface area contributed by atoms with E-state index in [-0.39, 0.29) is 5.60 Å². The minimum Gasteiger partial charge on any atom is -0.390 e. The monoisotopic (exact) mass is 269 g/mol. The Kier molecular flexibility index (Phi) is 8.72. The van der Waals surface area contributed by atoms with Gasteiger partial charge >= 0.3 is 0 Å². The van der Waals surface area contributed by atoms with Crippen LogP contribution in [0.5, 0.6) is 0 Å². The Balaban J connectivity index is 2.35. The molecule has 1 aliphatic carbocycles. The summed E-state index contributed by atoms with van der Waals surface area (Å²) in [7, 11) is 4.23. The number of hydrogen-bond donors (Lipinski definition) is 1. The molecule has 1 N–H and O–H groups in total. The van der Waals surface area contributed by atoms with Gasteiger partial charge in [-0.15, -0.1) is 0 Å². The fourth-order valence-corrected chi connectivity index (χ4v) is 3.24. The zero-order chi connectivity index (χ0) is 14.0. The summed E-state index contributed by atoms with van der Waals surface area (Å²) in [4.78, 5) is 2.22. The van der Waals surface area contributed by atoms with E-state index in [9.17, 15) is 5.11 Å². The topological polar surface area (TPSA) is 23.5 Å². The minimum atomic E-state index is -0.366. The van der Waals surface area contributed by atoms with Crippen LogP contribution in [0.4, 0.5) is 0 Å². The third-order valence-corrected chi connectivity index (χ3v) is 4.53. The van der Waals surface area contributed by atoms with Crippen molar-refractivity contribution in [2.24, 2.45) is 0 Å². The number of nitrogens with zero attached hydrogens (tertiary/aromatic N) is 1. The largest absolute Gasteiger partial charge is 0.390 e. The van der Waals surface area contributed by atoms with E-state index >= 15 is 0 Å². The van der Waals surface area contributed by atoms with Gasteiger partial charge in [0.15, 0.2) is 0 Å². The molecular weight excluding hydrogens is 234 g/mol. The molecule has 0 aliphatic heterocycles. The number of rotatable bonds is 4. The molecule has 0 heterocycles. The zero-order valence-corrected chi connectivity index (χ0v) is 13.3. The van der Waals surface area contributed by atoms with E-state index in [1.54, 1.807) is 0 Å². The number of hydrogen-bond acceptors (Lipinski definition) is 2. The van der Waals surface area contributed by atoms with Crippen molar-refractivity contribution in [3.05, 3.63) is 0 Å². The quantitative estimate of drug-likeness (QED) is 0.819. The van der Waals surface area contributed by atoms with E-state index in [2.05, 4.69) is 19.0 Å². The second kappa shape index (κ2) is 9.77. The van der Waals surface area contributed by atoms with Crippen molar-refractivity contribution in [1.82, 2.24) is 4.90 Å². The molecule has 2 nitrogen and oxygen atoms in total. The Morgan fingerprint density at radius 1 is 0.789 bits per heavy atom.